The molecule has 0 spiro atoms. The van der Waals surface area contributed by atoms with Gasteiger partial charge in [0.15, 0.2) is 13.4 Å². The van der Waals surface area contributed by atoms with Crippen molar-refractivity contribution in [3.8, 4) is 11.3 Å². The predicted octanol–water partition coefficient (Wildman–Crippen LogP) is 0.672. The van der Waals surface area contributed by atoms with Gasteiger partial charge in [-0.2, -0.15) is 0 Å². The minimum atomic E-state index is 0.970. The van der Waals surface area contributed by atoms with Gasteiger partial charge < -0.3 is 0 Å². The lowest BCUT2D eigenvalue weighted by Crippen LogP contribution is -2.35. The number of hydrogen-bond acceptors (Lipinski definition) is 3. The summed E-state index contributed by atoms with van der Waals surface area (Å²) >= 11 is 0. The largest absolute Gasteiger partial charge is 0.261 e. The Morgan fingerprint density at radius 3 is 2.93 bits per heavy atom. The number of pyridine rings is 1. The van der Waals surface area contributed by atoms with E-state index in [1.54, 1.807) is 17.1 Å². The van der Waals surface area contributed by atoms with Crippen LogP contribution in [0, 0.1) is 6.92 Å². The van der Waals surface area contributed by atoms with E-state index < -0.39 is 0 Å². The van der Waals surface area contributed by atoms with Gasteiger partial charge in [-0.15, -0.1) is 0 Å². The van der Waals surface area contributed by atoms with Gasteiger partial charge in [0.1, 0.15) is 6.20 Å². The zero-order chi connectivity index (χ0) is 9.97. The van der Waals surface area contributed by atoms with E-state index >= 15 is 0 Å². The van der Waals surface area contributed by atoms with Gasteiger partial charge in [-0.25, -0.2) is 4.98 Å². The van der Waals surface area contributed by atoms with Crippen molar-refractivity contribution < 1.29 is 4.68 Å². The SMILES string of the molecule is Cc1ncccc1-c1cncn[n+]1C. The van der Waals surface area contributed by atoms with E-state index in [1.807, 2.05) is 26.1 Å². The molecule has 0 aliphatic carbocycles. The van der Waals surface area contributed by atoms with Gasteiger partial charge in [-0.3, -0.25) is 4.98 Å². The Balaban J connectivity index is 2.61. The summed E-state index contributed by atoms with van der Waals surface area (Å²) in [5.41, 5.74) is 3.02. The summed E-state index contributed by atoms with van der Waals surface area (Å²) in [5, 5.41) is 4.07. The third kappa shape index (κ3) is 1.46. The van der Waals surface area contributed by atoms with Crippen LogP contribution in [-0.2, 0) is 7.05 Å². The summed E-state index contributed by atoms with van der Waals surface area (Å²) < 4.78 is 1.79. The van der Waals surface area contributed by atoms with Crippen LogP contribution >= 0.6 is 0 Å². The minimum absolute atomic E-state index is 0.970. The van der Waals surface area contributed by atoms with Gasteiger partial charge in [0, 0.05) is 11.3 Å². The van der Waals surface area contributed by atoms with Crippen LogP contribution in [0.4, 0.5) is 0 Å². The summed E-state index contributed by atoms with van der Waals surface area (Å²) in [4.78, 5) is 8.23. The molecule has 0 aromatic carbocycles. The van der Waals surface area contributed by atoms with Crippen LogP contribution in [0.2, 0.25) is 0 Å². The second kappa shape index (κ2) is 3.49. The molecule has 0 unspecified atom stereocenters. The van der Waals surface area contributed by atoms with E-state index in [9.17, 15) is 0 Å². The molecule has 0 fully saturated rings. The van der Waals surface area contributed by atoms with Crippen LogP contribution in [0.15, 0.2) is 30.9 Å². The van der Waals surface area contributed by atoms with Gasteiger partial charge >= 0.3 is 0 Å². The number of hydrogen-bond donors (Lipinski definition) is 0. The first-order valence-corrected chi connectivity index (χ1v) is 4.37. The van der Waals surface area contributed by atoms with E-state index in [0.29, 0.717) is 0 Å². The monoisotopic (exact) mass is 187 g/mol. The van der Waals surface area contributed by atoms with E-state index in [-0.39, 0.29) is 0 Å². The maximum absolute atomic E-state index is 4.23. The first-order valence-electron chi connectivity index (χ1n) is 4.37. The Morgan fingerprint density at radius 2 is 2.21 bits per heavy atom. The molecule has 14 heavy (non-hydrogen) atoms. The lowest BCUT2D eigenvalue weighted by atomic mass is 10.1. The van der Waals surface area contributed by atoms with Crippen LogP contribution in [0.25, 0.3) is 11.3 Å². The maximum Gasteiger partial charge on any atom is 0.258 e. The molecule has 0 amide bonds. The smallest absolute Gasteiger partial charge is 0.258 e. The van der Waals surface area contributed by atoms with Crippen molar-refractivity contribution in [2.75, 3.05) is 0 Å². The third-order valence-electron chi connectivity index (χ3n) is 2.12. The number of aromatic nitrogens is 4. The molecule has 2 aromatic rings. The number of rotatable bonds is 1. The molecule has 0 radical (unpaired) electrons. The Morgan fingerprint density at radius 1 is 1.36 bits per heavy atom. The number of aryl methyl sites for hydroxylation is 2. The molecular weight excluding hydrogens is 176 g/mol. The standard InChI is InChI=1S/C10H11N4/c1-8-9(4-3-5-12-8)10-6-11-7-13-14(10)2/h3-7H,1-2H3/q+1. The molecule has 0 aliphatic heterocycles. The van der Waals surface area contributed by atoms with E-state index in [4.69, 9.17) is 0 Å². The van der Waals surface area contributed by atoms with Gasteiger partial charge in [0.2, 0.25) is 0 Å². The third-order valence-corrected chi connectivity index (χ3v) is 2.12. The van der Waals surface area contributed by atoms with Gasteiger partial charge in [-0.1, -0.05) is 4.68 Å². The van der Waals surface area contributed by atoms with Gasteiger partial charge in [-0.05, 0) is 19.1 Å². The minimum Gasteiger partial charge on any atom is -0.261 e. The fourth-order valence-corrected chi connectivity index (χ4v) is 1.36. The Labute approximate surface area is 82.3 Å². The van der Waals surface area contributed by atoms with Crippen molar-refractivity contribution in [3.63, 3.8) is 0 Å². The maximum atomic E-state index is 4.23. The molecule has 4 heteroatoms. The Hall–Kier alpha value is -1.84. The fraction of sp³-hybridized carbons (Fsp3) is 0.200. The average Bonchev–Trinajstić information content (AvgIpc) is 2.20. The van der Waals surface area contributed by atoms with Crippen LogP contribution in [0.1, 0.15) is 5.69 Å². The predicted molar refractivity (Wildman–Crippen MR) is 51.2 cm³/mol. The van der Waals surface area contributed by atoms with E-state index in [2.05, 4.69) is 15.1 Å². The quantitative estimate of drug-likeness (QED) is 0.616. The molecule has 2 aromatic heterocycles. The summed E-state index contributed by atoms with van der Waals surface area (Å²) in [6.45, 7) is 1.97. The zero-order valence-corrected chi connectivity index (χ0v) is 8.18. The highest BCUT2D eigenvalue weighted by Gasteiger charge is 2.12. The molecular formula is C10H11N4+. The van der Waals surface area contributed by atoms with Crippen molar-refractivity contribution in [1.29, 1.82) is 0 Å². The molecule has 0 N–H and O–H groups in total. The van der Waals surface area contributed by atoms with Crippen LogP contribution in [0.5, 0.6) is 0 Å². The van der Waals surface area contributed by atoms with E-state index in [1.165, 1.54) is 6.33 Å². The molecule has 4 nitrogen and oxygen atoms in total. The Kier molecular flexibility index (Phi) is 2.18. The summed E-state index contributed by atoms with van der Waals surface area (Å²) in [6, 6.07) is 3.93. The van der Waals surface area contributed by atoms with Gasteiger partial charge in [0.25, 0.3) is 5.69 Å². The second-order valence-electron chi connectivity index (χ2n) is 3.05. The van der Waals surface area contributed by atoms with Crippen LogP contribution in [0.3, 0.4) is 0 Å². The van der Waals surface area contributed by atoms with E-state index in [0.717, 1.165) is 17.0 Å². The molecule has 0 aliphatic rings. The molecule has 2 heterocycles. The molecule has 0 saturated heterocycles. The molecule has 2 rings (SSSR count). The first kappa shape index (κ1) is 8.74. The lowest BCUT2D eigenvalue weighted by molar-refractivity contribution is -0.721. The second-order valence-corrected chi connectivity index (χ2v) is 3.05. The topological polar surface area (TPSA) is 42.6 Å². The van der Waals surface area contributed by atoms with Gasteiger partial charge in [0.05, 0.1) is 11.3 Å². The number of nitrogens with zero attached hydrogens (tertiary/aromatic N) is 4. The van der Waals surface area contributed by atoms with Crippen molar-refractivity contribution in [2.24, 2.45) is 7.05 Å². The summed E-state index contributed by atoms with van der Waals surface area (Å²) in [5.74, 6) is 0. The average molecular weight is 187 g/mol. The summed E-state index contributed by atoms with van der Waals surface area (Å²) in [7, 11) is 1.89. The highest BCUT2D eigenvalue weighted by molar-refractivity contribution is 5.57. The first-order chi connectivity index (χ1) is 6.79. The van der Waals surface area contributed by atoms with Crippen LogP contribution < -0.4 is 4.68 Å². The van der Waals surface area contributed by atoms with Crippen LogP contribution in [-0.4, -0.2) is 15.1 Å². The molecule has 0 atom stereocenters. The van der Waals surface area contributed by atoms with Crippen molar-refractivity contribution in [3.05, 3.63) is 36.5 Å². The lowest BCUT2D eigenvalue weighted by Gasteiger charge is -1.99. The van der Waals surface area contributed by atoms with Crippen molar-refractivity contribution >= 4 is 0 Å². The molecule has 0 saturated carbocycles. The normalized spacial score (nSPS) is 10.1. The zero-order valence-electron chi connectivity index (χ0n) is 8.18. The molecule has 0 bridgehead atoms. The highest BCUT2D eigenvalue weighted by Crippen LogP contribution is 2.15. The van der Waals surface area contributed by atoms with Crippen molar-refractivity contribution in [1.82, 2.24) is 15.1 Å². The fourth-order valence-electron chi connectivity index (χ4n) is 1.36. The highest BCUT2D eigenvalue weighted by atomic mass is 15.3. The van der Waals surface area contributed by atoms with Crippen molar-refractivity contribution in [2.45, 2.75) is 6.92 Å². The Bertz CT molecular complexity index is 410. The molecule has 70 valence electrons. The summed E-state index contributed by atoms with van der Waals surface area (Å²) in [6.07, 6.45) is 5.09.